The number of morpholine rings is 1. The second-order valence-electron chi connectivity index (χ2n) is 6.65. The highest BCUT2D eigenvalue weighted by Crippen LogP contribution is 2.22. The Morgan fingerprint density at radius 2 is 1.78 bits per heavy atom. The molecule has 1 fully saturated rings. The molecule has 0 bridgehead atoms. The van der Waals surface area contributed by atoms with Crippen molar-refractivity contribution < 1.29 is 9.15 Å². The molecule has 0 radical (unpaired) electrons. The minimum absolute atomic E-state index is 0.124. The number of nitrogens with zero attached hydrogens (tertiary/aromatic N) is 1. The van der Waals surface area contributed by atoms with E-state index in [0.29, 0.717) is 0 Å². The lowest BCUT2D eigenvalue weighted by Gasteiger charge is -2.41. The fraction of sp³-hybridized carbons (Fsp3) is 0.474. The van der Waals surface area contributed by atoms with Crippen LogP contribution in [0.2, 0.25) is 0 Å². The van der Waals surface area contributed by atoms with Gasteiger partial charge in [0.15, 0.2) is 0 Å². The molecule has 1 aliphatic rings. The predicted octanol–water partition coefficient (Wildman–Crippen LogP) is 3.15. The Bertz CT molecular complexity index is 601. The van der Waals surface area contributed by atoms with Gasteiger partial charge in [0.2, 0.25) is 0 Å². The summed E-state index contributed by atoms with van der Waals surface area (Å²) in [7, 11) is 0. The van der Waals surface area contributed by atoms with Gasteiger partial charge in [0, 0.05) is 30.7 Å². The summed E-state index contributed by atoms with van der Waals surface area (Å²) in [6.45, 7) is 9.92. The second-order valence-corrected chi connectivity index (χ2v) is 6.65. The predicted molar refractivity (Wildman–Crippen MR) is 92.3 cm³/mol. The minimum Gasteiger partial charge on any atom is -0.460 e. The maximum atomic E-state index is 5.93. The average molecular weight is 314 g/mol. The summed E-state index contributed by atoms with van der Waals surface area (Å²) in [6, 6.07) is 14.3. The van der Waals surface area contributed by atoms with E-state index in [4.69, 9.17) is 9.15 Å². The number of hydrogen-bond donors (Lipinski definition) is 1. The highest BCUT2D eigenvalue weighted by atomic mass is 16.5. The standard InChI is InChI=1S/C19H26N2O2/c1-19(2,21-10-12-22-13-11-21)15-20-14-17-8-9-18(23-17)16-6-4-3-5-7-16/h3-9,20H,10-15H2,1-2H3. The van der Waals surface area contributed by atoms with E-state index in [9.17, 15) is 0 Å². The van der Waals surface area contributed by atoms with Crippen LogP contribution < -0.4 is 5.32 Å². The van der Waals surface area contributed by atoms with Crippen LogP contribution >= 0.6 is 0 Å². The Kier molecular flexibility index (Phi) is 5.16. The zero-order chi connectivity index (χ0) is 16.1. The molecular formula is C19H26N2O2. The van der Waals surface area contributed by atoms with E-state index < -0.39 is 0 Å². The summed E-state index contributed by atoms with van der Waals surface area (Å²) in [5, 5.41) is 3.53. The topological polar surface area (TPSA) is 37.6 Å². The van der Waals surface area contributed by atoms with Crippen molar-refractivity contribution >= 4 is 0 Å². The van der Waals surface area contributed by atoms with E-state index in [0.717, 1.165) is 56.5 Å². The molecule has 4 nitrogen and oxygen atoms in total. The lowest BCUT2D eigenvalue weighted by molar-refractivity contribution is -0.00976. The highest BCUT2D eigenvalue weighted by Gasteiger charge is 2.27. The zero-order valence-electron chi connectivity index (χ0n) is 14.0. The van der Waals surface area contributed by atoms with E-state index >= 15 is 0 Å². The highest BCUT2D eigenvalue weighted by molar-refractivity contribution is 5.57. The number of hydrogen-bond acceptors (Lipinski definition) is 4. The van der Waals surface area contributed by atoms with E-state index in [-0.39, 0.29) is 5.54 Å². The lowest BCUT2D eigenvalue weighted by atomic mass is 10.0. The van der Waals surface area contributed by atoms with Crippen LogP contribution in [-0.2, 0) is 11.3 Å². The summed E-state index contributed by atoms with van der Waals surface area (Å²) in [5.41, 5.74) is 1.24. The van der Waals surface area contributed by atoms with Crippen LogP contribution in [0.3, 0.4) is 0 Å². The molecule has 3 rings (SSSR count). The molecule has 2 heterocycles. The first-order valence-electron chi connectivity index (χ1n) is 8.33. The molecule has 1 aliphatic heterocycles. The van der Waals surface area contributed by atoms with Gasteiger partial charge in [0.25, 0.3) is 0 Å². The first-order chi connectivity index (χ1) is 11.1. The molecule has 4 heteroatoms. The fourth-order valence-electron chi connectivity index (χ4n) is 3.00. The third-order valence-corrected chi connectivity index (χ3v) is 4.44. The first kappa shape index (κ1) is 16.2. The summed E-state index contributed by atoms with van der Waals surface area (Å²) in [4.78, 5) is 2.49. The van der Waals surface area contributed by atoms with Gasteiger partial charge in [-0.1, -0.05) is 30.3 Å². The molecule has 1 N–H and O–H groups in total. The summed E-state index contributed by atoms with van der Waals surface area (Å²) in [6.07, 6.45) is 0. The largest absolute Gasteiger partial charge is 0.460 e. The molecule has 124 valence electrons. The van der Waals surface area contributed by atoms with Crippen molar-refractivity contribution in [2.75, 3.05) is 32.8 Å². The Balaban J connectivity index is 1.52. The van der Waals surface area contributed by atoms with Gasteiger partial charge in [-0.05, 0) is 26.0 Å². The van der Waals surface area contributed by atoms with E-state index in [1.54, 1.807) is 0 Å². The fourth-order valence-corrected chi connectivity index (χ4v) is 3.00. The van der Waals surface area contributed by atoms with Crippen LogP contribution in [0.5, 0.6) is 0 Å². The quantitative estimate of drug-likeness (QED) is 0.889. The molecule has 0 saturated carbocycles. The van der Waals surface area contributed by atoms with Gasteiger partial charge in [-0.3, -0.25) is 4.90 Å². The van der Waals surface area contributed by atoms with Gasteiger partial charge in [0.1, 0.15) is 11.5 Å². The van der Waals surface area contributed by atoms with Gasteiger partial charge >= 0.3 is 0 Å². The third kappa shape index (κ3) is 4.22. The summed E-state index contributed by atoms with van der Waals surface area (Å²) < 4.78 is 11.4. The Morgan fingerprint density at radius 1 is 1.04 bits per heavy atom. The first-order valence-corrected chi connectivity index (χ1v) is 8.33. The molecule has 0 atom stereocenters. The van der Waals surface area contributed by atoms with E-state index in [1.165, 1.54) is 0 Å². The zero-order valence-corrected chi connectivity index (χ0v) is 14.0. The van der Waals surface area contributed by atoms with Crippen LogP contribution in [0.4, 0.5) is 0 Å². The van der Waals surface area contributed by atoms with Crippen LogP contribution in [0.25, 0.3) is 11.3 Å². The maximum Gasteiger partial charge on any atom is 0.134 e. The average Bonchev–Trinajstić information content (AvgIpc) is 3.05. The van der Waals surface area contributed by atoms with E-state index in [2.05, 4.69) is 42.3 Å². The van der Waals surface area contributed by atoms with Crippen LogP contribution in [0, 0.1) is 0 Å². The number of ether oxygens (including phenoxy) is 1. The monoisotopic (exact) mass is 314 g/mol. The van der Waals surface area contributed by atoms with Gasteiger partial charge in [0.05, 0.1) is 19.8 Å². The molecule has 0 amide bonds. The molecule has 0 unspecified atom stereocenters. The molecule has 2 aromatic rings. The van der Waals surface area contributed by atoms with Crippen molar-refractivity contribution in [3.63, 3.8) is 0 Å². The molecular weight excluding hydrogens is 288 g/mol. The van der Waals surface area contributed by atoms with Crippen molar-refractivity contribution in [2.45, 2.75) is 25.9 Å². The van der Waals surface area contributed by atoms with Crippen molar-refractivity contribution in [2.24, 2.45) is 0 Å². The number of benzene rings is 1. The number of furan rings is 1. The van der Waals surface area contributed by atoms with Gasteiger partial charge in [-0.2, -0.15) is 0 Å². The van der Waals surface area contributed by atoms with Gasteiger partial charge in [-0.15, -0.1) is 0 Å². The van der Waals surface area contributed by atoms with E-state index in [1.807, 2.05) is 24.3 Å². The smallest absolute Gasteiger partial charge is 0.134 e. The van der Waals surface area contributed by atoms with Gasteiger partial charge < -0.3 is 14.5 Å². The van der Waals surface area contributed by atoms with Crippen molar-refractivity contribution in [1.82, 2.24) is 10.2 Å². The maximum absolute atomic E-state index is 5.93. The third-order valence-electron chi connectivity index (χ3n) is 4.44. The Morgan fingerprint density at radius 3 is 2.52 bits per heavy atom. The summed E-state index contributed by atoms with van der Waals surface area (Å²) >= 11 is 0. The number of rotatable bonds is 6. The molecule has 23 heavy (non-hydrogen) atoms. The molecule has 1 aromatic carbocycles. The Labute approximate surface area is 138 Å². The molecule has 0 spiro atoms. The van der Waals surface area contributed by atoms with Crippen LogP contribution in [0.1, 0.15) is 19.6 Å². The Hall–Kier alpha value is -1.62. The minimum atomic E-state index is 0.124. The van der Waals surface area contributed by atoms with Crippen molar-refractivity contribution in [3.05, 3.63) is 48.2 Å². The van der Waals surface area contributed by atoms with Crippen LogP contribution in [-0.4, -0.2) is 43.3 Å². The molecule has 0 aliphatic carbocycles. The lowest BCUT2D eigenvalue weighted by Crippen LogP contribution is -2.54. The summed E-state index contributed by atoms with van der Waals surface area (Å²) in [5.74, 6) is 1.90. The van der Waals surface area contributed by atoms with Crippen molar-refractivity contribution in [1.29, 1.82) is 0 Å². The normalized spacial score (nSPS) is 16.6. The van der Waals surface area contributed by atoms with Crippen molar-refractivity contribution in [3.8, 4) is 11.3 Å². The van der Waals surface area contributed by atoms with Crippen LogP contribution in [0.15, 0.2) is 46.9 Å². The second kappa shape index (κ2) is 7.30. The number of nitrogens with one attached hydrogen (secondary N) is 1. The SMILES string of the molecule is CC(C)(CNCc1ccc(-c2ccccc2)o1)N1CCOCC1. The molecule has 1 saturated heterocycles. The molecule has 1 aromatic heterocycles. The van der Waals surface area contributed by atoms with Gasteiger partial charge in [-0.25, -0.2) is 0 Å².